The molecular weight excluding hydrogens is 677 g/mol. The highest BCUT2D eigenvalue weighted by Crippen LogP contribution is 2.65. The molecule has 1 spiro atoms. The second kappa shape index (κ2) is 10.9. The summed E-state index contributed by atoms with van der Waals surface area (Å²) in [5, 5.41) is 7.37. The van der Waals surface area contributed by atoms with E-state index in [1.807, 2.05) is 0 Å². The Labute approximate surface area is 324 Å². The molecule has 0 unspecified atom stereocenters. The third-order valence-electron chi connectivity index (χ3n) is 12.8. The molecule has 0 N–H and O–H groups in total. The molecule has 1 aliphatic heterocycles. The van der Waals surface area contributed by atoms with E-state index in [-0.39, 0.29) is 0 Å². The fourth-order valence-corrected chi connectivity index (χ4v) is 10.4. The fourth-order valence-electron chi connectivity index (χ4n) is 10.4. The third-order valence-corrected chi connectivity index (χ3v) is 12.8. The summed E-state index contributed by atoms with van der Waals surface area (Å²) in [5.41, 5.74) is 17.3. The maximum Gasteiger partial charge on any atom is 0.135 e. The van der Waals surface area contributed by atoms with Crippen molar-refractivity contribution in [2.45, 2.75) is 5.41 Å². The van der Waals surface area contributed by atoms with Gasteiger partial charge >= 0.3 is 0 Å². The molecule has 10 aromatic carbocycles. The monoisotopic (exact) mass is 708 g/mol. The van der Waals surface area contributed by atoms with E-state index >= 15 is 0 Å². The Morgan fingerprint density at radius 3 is 1.68 bits per heavy atom. The molecule has 0 radical (unpaired) electrons. The van der Waals surface area contributed by atoms with Gasteiger partial charge in [0.25, 0.3) is 0 Å². The minimum absolute atomic E-state index is 0.495. The van der Waals surface area contributed by atoms with Gasteiger partial charge in [-0.25, -0.2) is 0 Å². The highest BCUT2D eigenvalue weighted by Gasteiger charge is 2.52. The number of fused-ring (bicyclic) bond motifs is 14. The van der Waals surface area contributed by atoms with Crippen LogP contribution in [0.1, 0.15) is 22.3 Å². The molecule has 1 heterocycles. The van der Waals surface area contributed by atoms with Crippen LogP contribution in [0.2, 0.25) is 0 Å². The quantitative estimate of drug-likeness (QED) is 0.174. The van der Waals surface area contributed by atoms with Crippen LogP contribution >= 0.6 is 0 Å². The fraction of sp³-hybridized carbons (Fsp3) is 0.0182. The Bertz CT molecular complexity index is 3300. The molecular formula is C55H32O. The Kier molecular flexibility index (Phi) is 5.89. The molecule has 0 fully saturated rings. The van der Waals surface area contributed by atoms with Crippen molar-refractivity contribution in [1.82, 2.24) is 0 Å². The van der Waals surface area contributed by atoms with E-state index in [0.29, 0.717) is 0 Å². The smallest absolute Gasteiger partial charge is 0.135 e. The van der Waals surface area contributed by atoms with Gasteiger partial charge in [0, 0.05) is 10.9 Å². The van der Waals surface area contributed by atoms with Crippen molar-refractivity contribution in [3.05, 3.63) is 216 Å². The van der Waals surface area contributed by atoms with E-state index in [4.69, 9.17) is 4.74 Å². The van der Waals surface area contributed by atoms with Crippen molar-refractivity contribution in [2.24, 2.45) is 0 Å². The summed E-state index contributed by atoms with van der Waals surface area (Å²) in [6, 6.07) is 72.4. The first kappa shape index (κ1) is 30.1. The first-order chi connectivity index (χ1) is 27.7. The van der Waals surface area contributed by atoms with Gasteiger partial charge in [0.1, 0.15) is 11.5 Å². The minimum atomic E-state index is -0.495. The normalized spacial score (nSPS) is 13.6. The van der Waals surface area contributed by atoms with Gasteiger partial charge in [0.05, 0.1) is 5.41 Å². The van der Waals surface area contributed by atoms with E-state index in [1.54, 1.807) is 0 Å². The van der Waals surface area contributed by atoms with Crippen LogP contribution in [0.15, 0.2) is 194 Å². The van der Waals surface area contributed by atoms with E-state index in [1.165, 1.54) is 105 Å². The largest absolute Gasteiger partial charge is 0.456 e. The molecule has 0 bridgehead atoms. The van der Waals surface area contributed by atoms with Gasteiger partial charge in [-0.15, -0.1) is 0 Å². The van der Waals surface area contributed by atoms with Crippen LogP contribution in [0.25, 0.3) is 88.0 Å². The summed E-state index contributed by atoms with van der Waals surface area (Å²) in [7, 11) is 0. The predicted molar refractivity (Wildman–Crippen MR) is 232 cm³/mol. The molecule has 13 rings (SSSR count). The van der Waals surface area contributed by atoms with Crippen LogP contribution in [0.4, 0.5) is 0 Å². The lowest BCUT2D eigenvalue weighted by atomic mass is 9.69. The molecule has 0 aromatic heterocycles. The molecule has 0 saturated heterocycles. The van der Waals surface area contributed by atoms with Crippen LogP contribution in [-0.2, 0) is 5.41 Å². The summed E-state index contributed by atoms with van der Waals surface area (Å²) >= 11 is 0. The van der Waals surface area contributed by atoms with Gasteiger partial charge < -0.3 is 4.74 Å². The van der Waals surface area contributed by atoms with Gasteiger partial charge in [0.15, 0.2) is 0 Å². The van der Waals surface area contributed by atoms with Crippen molar-refractivity contribution in [3.63, 3.8) is 0 Å². The third kappa shape index (κ3) is 3.89. The van der Waals surface area contributed by atoms with Crippen molar-refractivity contribution in [3.8, 4) is 67.1 Å². The Hall–Kier alpha value is -7.22. The zero-order valence-electron chi connectivity index (χ0n) is 30.4. The number of hydrogen-bond donors (Lipinski definition) is 0. The lowest BCUT2D eigenvalue weighted by molar-refractivity contribution is 0.487. The zero-order valence-corrected chi connectivity index (χ0v) is 30.4. The predicted octanol–water partition coefficient (Wildman–Crippen LogP) is 14.6. The summed E-state index contributed by atoms with van der Waals surface area (Å²) in [5.74, 6) is 1.81. The molecule has 3 aliphatic rings. The minimum Gasteiger partial charge on any atom is -0.456 e. The number of benzene rings is 10. The van der Waals surface area contributed by atoms with E-state index < -0.39 is 5.41 Å². The SMILES string of the molecule is c1ccc2c(c1)-c1ccccc1C21c2cc3ccccc3cc2-c2c(-c3ccc4ccccc4c3)cc(-c3ccc4c(c3)-c3cccc5cccc(c35)O4)cc21. The molecule has 0 atom stereocenters. The van der Waals surface area contributed by atoms with Crippen LogP contribution in [0, 0.1) is 0 Å². The maximum absolute atomic E-state index is 6.58. The molecule has 56 heavy (non-hydrogen) atoms. The van der Waals surface area contributed by atoms with Gasteiger partial charge in [0.2, 0.25) is 0 Å². The number of rotatable bonds is 2. The van der Waals surface area contributed by atoms with Crippen LogP contribution in [0.5, 0.6) is 11.5 Å². The summed E-state index contributed by atoms with van der Waals surface area (Å²) < 4.78 is 6.58. The maximum atomic E-state index is 6.58. The average molecular weight is 709 g/mol. The summed E-state index contributed by atoms with van der Waals surface area (Å²) in [6.45, 7) is 0. The molecule has 0 saturated carbocycles. The first-order valence-electron chi connectivity index (χ1n) is 19.5. The summed E-state index contributed by atoms with van der Waals surface area (Å²) in [4.78, 5) is 0. The molecule has 10 aromatic rings. The van der Waals surface area contributed by atoms with Crippen molar-refractivity contribution in [2.75, 3.05) is 0 Å². The molecule has 1 nitrogen and oxygen atoms in total. The lowest BCUT2D eigenvalue weighted by Crippen LogP contribution is -2.26. The van der Waals surface area contributed by atoms with E-state index in [2.05, 4.69) is 194 Å². The highest BCUT2D eigenvalue weighted by atomic mass is 16.5. The van der Waals surface area contributed by atoms with Gasteiger partial charge in [-0.05, 0) is 148 Å². The Morgan fingerprint density at radius 2 is 0.893 bits per heavy atom. The second-order valence-corrected chi connectivity index (χ2v) is 15.6. The molecule has 258 valence electrons. The first-order valence-corrected chi connectivity index (χ1v) is 19.5. The second-order valence-electron chi connectivity index (χ2n) is 15.6. The van der Waals surface area contributed by atoms with Crippen molar-refractivity contribution < 1.29 is 4.74 Å². The van der Waals surface area contributed by atoms with Gasteiger partial charge in [-0.2, -0.15) is 0 Å². The molecule has 2 aliphatic carbocycles. The summed E-state index contributed by atoms with van der Waals surface area (Å²) in [6.07, 6.45) is 0. The van der Waals surface area contributed by atoms with E-state index in [9.17, 15) is 0 Å². The average Bonchev–Trinajstić information content (AvgIpc) is 3.72. The lowest BCUT2D eigenvalue weighted by Gasteiger charge is -2.31. The van der Waals surface area contributed by atoms with Crippen LogP contribution in [0.3, 0.4) is 0 Å². The Morgan fingerprint density at radius 1 is 0.286 bits per heavy atom. The van der Waals surface area contributed by atoms with Crippen molar-refractivity contribution in [1.29, 1.82) is 0 Å². The molecule has 0 amide bonds. The number of hydrogen-bond acceptors (Lipinski definition) is 1. The van der Waals surface area contributed by atoms with E-state index in [0.717, 1.165) is 17.1 Å². The Balaban J connectivity index is 1.16. The standard InChI is InChI=1S/C55H32O/c1-2-12-35-27-39(24-23-33(35)11-1)44-30-40(38-25-26-51-45(28-38)43-19-9-15-34-16-10-22-52(56-51)53(34)43)32-50-54(44)46-29-36-13-3-4-14-37(36)31-49(46)55(50)47-20-7-5-17-41(47)42-18-6-8-21-48(42)55/h1-32H. The zero-order chi connectivity index (χ0) is 36.5. The van der Waals surface area contributed by atoms with Gasteiger partial charge in [-0.3, -0.25) is 0 Å². The number of ether oxygens (including phenoxy) is 1. The van der Waals surface area contributed by atoms with Gasteiger partial charge in [-0.1, -0.05) is 146 Å². The van der Waals surface area contributed by atoms with Crippen LogP contribution in [-0.4, -0.2) is 0 Å². The molecule has 1 heteroatoms. The van der Waals surface area contributed by atoms with Crippen molar-refractivity contribution >= 4 is 32.3 Å². The highest BCUT2D eigenvalue weighted by molar-refractivity contribution is 6.07. The topological polar surface area (TPSA) is 9.23 Å². The van der Waals surface area contributed by atoms with Crippen LogP contribution < -0.4 is 4.74 Å².